The molecule has 2 rings (SSSR count). The van der Waals surface area contributed by atoms with Crippen LogP contribution >= 0.6 is 22.9 Å². The Bertz CT molecular complexity index is 537. The van der Waals surface area contributed by atoms with Crippen molar-refractivity contribution in [2.75, 3.05) is 7.05 Å². The molecule has 0 saturated carbocycles. The van der Waals surface area contributed by atoms with Crippen LogP contribution in [-0.4, -0.2) is 13.0 Å². The standard InChI is InChI=1S/C14H16ClN3S/c1-16-14(18-9-12-5-6-19-10-12)17-8-11-3-2-4-13(15)7-11/h2-7,10H,8-9H2,1H3,(H2,16,17,18). The number of guanidine groups is 1. The summed E-state index contributed by atoms with van der Waals surface area (Å²) in [6.45, 7) is 1.47. The van der Waals surface area contributed by atoms with Crippen LogP contribution in [0.2, 0.25) is 5.02 Å². The molecule has 5 heteroatoms. The quantitative estimate of drug-likeness (QED) is 0.670. The molecule has 1 aromatic carbocycles. The molecule has 2 N–H and O–H groups in total. The van der Waals surface area contributed by atoms with Gasteiger partial charge in [-0.2, -0.15) is 11.3 Å². The van der Waals surface area contributed by atoms with Crippen molar-refractivity contribution in [1.29, 1.82) is 0 Å². The predicted octanol–water partition coefficient (Wildman–Crippen LogP) is 3.27. The topological polar surface area (TPSA) is 36.4 Å². The average Bonchev–Trinajstić information content (AvgIpc) is 2.92. The third kappa shape index (κ3) is 4.58. The largest absolute Gasteiger partial charge is 0.352 e. The summed E-state index contributed by atoms with van der Waals surface area (Å²) < 4.78 is 0. The van der Waals surface area contributed by atoms with Crippen LogP contribution in [-0.2, 0) is 13.1 Å². The smallest absolute Gasteiger partial charge is 0.191 e. The molecule has 2 aromatic rings. The maximum atomic E-state index is 5.95. The van der Waals surface area contributed by atoms with Crippen LogP contribution in [0, 0.1) is 0 Å². The third-order valence-corrected chi connectivity index (χ3v) is 3.58. The van der Waals surface area contributed by atoms with Gasteiger partial charge >= 0.3 is 0 Å². The highest BCUT2D eigenvalue weighted by Gasteiger charge is 1.99. The summed E-state index contributed by atoms with van der Waals surface area (Å²) in [4.78, 5) is 4.19. The molecule has 0 fully saturated rings. The van der Waals surface area contributed by atoms with Gasteiger partial charge < -0.3 is 10.6 Å². The summed E-state index contributed by atoms with van der Waals surface area (Å²) in [5.74, 6) is 0.783. The van der Waals surface area contributed by atoms with Gasteiger partial charge in [-0.15, -0.1) is 0 Å². The van der Waals surface area contributed by atoms with Gasteiger partial charge in [-0.05, 0) is 40.1 Å². The van der Waals surface area contributed by atoms with Crippen molar-refractivity contribution in [3.8, 4) is 0 Å². The second kappa shape index (κ2) is 7.16. The van der Waals surface area contributed by atoms with Gasteiger partial charge in [0.25, 0.3) is 0 Å². The van der Waals surface area contributed by atoms with Gasteiger partial charge in [0.15, 0.2) is 5.96 Å². The van der Waals surface area contributed by atoms with Crippen molar-refractivity contribution in [2.24, 2.45) is 4.99 Å². The summed E-state index contributed by atoms with van der Waals surface area (Å²) in [6.07, 6.45) is 0. The lowest BCUT2D eigenvalue weighted by Gasteiger charge is -2.11. The van der Waals surface area contributed by atoms with E-state index in [-0.39, 0.29) is 0 Å². The van der Waals surface area contributed by atoms with Crippen molar-refractivity contribution in [3.05, 3.63) is 57.2 Å². The number of hydrogen-bond acceptors (Lipinski definition) is 2. The lowest BCUT2D eigenvalue weighted by molar-refractivity contribution is 0.811. The first-order valence-corrected chi connectivity index (χ1v) is 7.30. The van der Waals surface area contributed by atoms with Crippen LogP contribution in [0.25, 0.3) is 0 Å². The van der Waals surface area contributed by atoms with Gasteiger partial charge in [0, 0.05) is 25.2 Å². The van der Waals surface area contributed by atoms with E-state index in [9.17, 15) is 0 Å². The zero-order valence-corrected chi connectivity index (χ0v) is 12.3. The second-order valence-corrected chi connectivity index (χ2v) is 5.26. The van der Waals surface area contributed by atoms with Crippen LogP contribution in [0.1, 0.15) is 11.1 Å². The number of benzene rings is 1. The number of halogens is 1. The monoisotopic (exact) mass is 293 g/mol. The third-order valence-electron chi connectivity index (χ3n) is 2.61. The zero-order chi connectivity index (χ0) is 13.5. The molecule has 3 nitrogen and oxygen atoms in total. The summed E-state index contributed by atoms with van der Waals surface area (Å²) >= 11 is 7.65. The molecule has 0 saturated heterocycles. The Kier molecular flexibility index (Phi) is 5.24. The summed E-state index contributed by atoms with van der Waals surface area (Å²) in [6, 6.07) is 9.89. The van der Waals surface area contributed by atoms with Crippen molar-refractivity contribution >= 4 is 28.9 Å². The molecule has 100 valence electrons. The van der Waals surface area contributed by atoms with Crippen LogP contribution in [0.5, 0.6) is 0 Å². The van der Waals surface area contributed by atoms with Gasteiger partial charge in [0.05, 0.1) is 0 Å². The SMILES string of the molecule is CN=C(NCc1ccsc1)NCc1cccc(Cl)c1. The van der Waals surface area contributed by atoms with Crippen LogP contribution in [0.3, 0.4) is 0 Å². The zero-order valence-electron chi connectivity index (χ0n) is 10.7. The number of thiophene rings is 1. The molecule has 0 unspecified atom stereocenters. The summed E-state index contributed by atoms with van der Waals surface area (Å²) in [5, 5.41) is 11.5. The molecule has 0 radical (unpaired) electrons. The first-order chi connectivity index (χ1) is 9.28. The Balaban J connectivity index is 1.83. The van der Waals surface area contributed by atoms with E-state index in [0.29, 0.717) is 6.54 Å². The van der Waals surface area contributed by atoms with Crippen molar-refractivity contribution < 1.29 is 0 Å². The first kappa shape index (κ1) is 13.9. The van der Waals surface area contributed by atoms with Gasteiger partial charge in [-0.25, -0.2) is 0 Å². The van der Waals surface area contributed by atoms with Gasteiger partial charge in [0.2, 0.25) is 0 Å². The Morgan fingerprint density at radius 1 is 1.21 bits per heavy atom. The van der Waals surface area contributed by atoms with E-state index >= 15 is 0 Å². The fourth-order valence-corrected chi connectivity index (χ4v) is 2.51. The fourth-order valence-electron chi connectivity index (χ4n) is 1.63. The first-order valence-electron chi connectivity index (χ1n) is 5.98. The Hall–Kier alpha value is -1.52. The van der Waals surface area contributed by atoms with Gasteiger partial charge in [-0.1, -0.05) is 23.7 Å². The highest BCUT2D eigenvalue weighted by Crippen LogP contribution is 2.10. The lowest BCUT2D eigenvalue weighted by atomic mass is 10.2. The molecule has 0 bridgehead atoms. The van der Waals surface area contributed by atoms with E-state index in [0.717, 1.165) is 23.1 Å². The van der Waals surface area contributed by atoms with Crippen LogP contribution < -0.4 is 10.6 Å². The van der Waals surface area contributed by atoms with E-state index in [4.69, 9.17) is 11.6 Å². The minimum Gasteiger partial charge on any atom is -0.352 e. The lowest BCUT2D eigenvalue weighted by Crippen LogP contribution is -2.36. The molecular weight excluding hydrogens is 278 g/mol. The van der Waals surface area contributed by atoms with Crippen molar-refractivity contribution in [2.45, 2.75) is 13.1 Å². The molecule has 0 spiro atoms. The van der Waals surface area contributed by atoms with Gasteiger partial charge in [0.1, 0.15) is 0 Å². The summed E-state index contributed by atoms with van der Waals surface area (Å²) in [5.41, 5.74) is 2.39. The number of nitrogens with zero attached hydrogens (tertiary/aromatic N) is 1. The van der Waals surface area contributed by atoms with E-state index in [2.05, 4.69) is 32.5 Å². The van der Waals surface area contributed by atoms with Crippen molar-refractivity contribution in [1.82, 2.24) is 10.6 Å². The number of rotatable bonds is 4. The fraction of sp³-hybridized carbons (Fsp3) is 0.214. The molecule has 0 atom stereocenters. The molecule has 19 heavy (non-hydrogen) atoms. The second-order valence-electron chi connectivity index (χ2n) is 4.04. The van der Waals surface area contributed by atoms with Gasteiger partial charge in [-0.3, -0.25) is 4.99 Å². The number of hydrogen-bond donors (Lipinski definition) is 2. The Morgan fingerprint density at radius 2 is 2.00 bits per heavy atom. The van der Waals surface area contributed by atoms with E-state index < -0.39 is 0 Å². The minimum atomic E-state index is 0.698. The minimum absolute atomic E-state index is 0.698. The number of nitrogens with one attached hydrogen (secondary N) is 2. The highest BCUT2D eigenvalue weighted by atomic mass is 35.5. The van der Waals surface area contributed by atoms with Crippen molar-refractivity contribution in [3.63, 3.8) is 0 Å². The van der Waals surface area contributed by atoms with E-state index in [1.165, 1.54) is 5.56 Å². The summed E-state index contributed by atoms with van der Waals surface area (Å²) in [7, 11) is 1.76. The molecule has 0 aliphatic rings. The molecular formula is C14H16ClN3S. The average molecular weight is 294 g/mol. The molecule has 1 aromatic heterocycles. The van der Waals surface area contributed by atoms with Crippen LogP contribution in [0.15, 0.2) is 46.1 Å². The Labute approximate surface area is 122 Å². The highest BCUT2D eigenvalue weighted by molar-refractivity contribution is 7.07. The molecule has 1 heterocycles. The molecule has 0 aliphatic heterocycles. The maximum absolute atomic E-state index is 5.95. The molecule has 0 amide bonds. The van der Waals surface area contributed by atoms with Crippen LogP contribution in [0.4, 0.5) is 0 Å². The normalized spacial score (nSPS) is 11.4. The maximum Gasteiger partial charge on any atom is 0.191 e. The van der Waals surface area contributed by atoms with E-state index in [1.807, 2.05) is 24.3 Å². The predicted molar refractivity (Wildman–Crippen MR) is 82.8 cm³/mol. The Morgan fingerprint density at radius 3 is 2.63 bits per heavy atom. The molecule has 0 aliphatic carbocycles. The van der Waals surface area contributed by atoms with E-state index in [1.54, 1.807) is 18.4 Å². The number of aliphatic imine (C=N–C) groups is 1.